The van der Waals surface area contributed by atoms with E-state index >= 15 is 0 Å². The molecule has 1 atom stereocenters. The van der Waals surface area contributed by atoms with Crippen LogP contribution in [0.4, 0.5) is 5.69 Å². The Morgan fingerprint density at radius 2 is 1.84 bits per heavy atom. The number of thioether (sulfide) groups is 2. The van der Waals surface area contributed by atoms with Crippen molar-refractivity contribution in [1.82, 2.24) is 10.6 Å². The molecule has 2 aromatic rings. The number of hydrogen-bond acceptors (Lipinski definition) is 5. The fourth-order valence-electron chi connectivity index (χ4n) is 3.34. The molecule has 1 heterocycles. The number of carbonyl (C=O) groups is 2. The Bertz CT molecular complexity index is 873. The van der Waals surface area contributed by atoms with E-state index in [1.165, 1.54) is 5.69 Å². The molecule has 0 spiro atoms. The lowest BCUT2D eigenvalue weighted by atomic mass is 10.1. The van der Waals surface area contributed by atoms with Gasteiger partial charge in [-0.3, -0.25) is 9.59 Å². The van der Waals surface area contributed by atoms with Gasteiger partial charge in [0.25, 0.3) is 5.91 Å². The number of benzene rings is 2. The van der Waals surface area contributed by atoms with Crippen LogP contribution in [-0.4, -0.2) is 54.5 Å². The summed E-state index contributed by atoms with van der Waals surface area (Å²) in [5.41, 5.74) is 2.63. The quantitative estimate of drug-likeness (QED) is 0.570. The van der Waals surface area contributed by atoms with Crippen LogP contribution in [0.3, 0.4) is 0 Å². The third-order valence-electron chi connectivity index (χ3n) is 5.13. The number of anilines is 1. The molecule has 1 aliphatic rings. The highest BCUT2D eigenvalue weighted by Gasteiger charge is 2.22. The van der Waals surface area contributed by atoms with Crippen LogP contribution in [-0.2, 0) is 11.3 Å². The van der Waals surface area contributed by atoms with E-state index in [0.29, 0.717) is 23.6 Å². The SMILES string of the molecule is CSCCC(NC(=O)c1ccccc1Cl)C(=O)NCc1ccc(N2CCSCC2)cc1. The topological polar surface area (TPSA) is 61.4 Å². The van der Waals surface area contributed by atoms with Crippen LogP contribution in [0.25, 0.3) is 0 Å². The van der Waals surface area contributed by atoms with E-state index in [1.807, 2.05) is 18.0 Å². The van der Waals surface area contributed by atoms with Gasteiger partial charge in [-0.15, -0.1) is 0 Å². The fraction of sp³-hybridized carbons (Fsp3) is 0.391. The van der Waals surface area contributed by atoms with Gasteiger partial charge in [0.05, 0.1) is 10.6 Å². The van der Waals surface area contributed by atoms with Crippen molar-refractivity contribution in [2.45, 2.75) is 19.0 Å². The standard InChI is InChI=1S/C23H28ClN3O2S2/c1-30-13-10-21(26-22(28)19-4-2-3-5-20(19)24)23(29)25-16-17-6-8-18(9-7-17)27-11-14-31-15-12-27/h2-9,21H,10-16H2,1H3,(H,25,29)(H,26,28). The minimum Gasteiger partial charge on any atom is -0.370 e. The highest BCUT2D eigenvalue weighted by molar-refractivity contribution is 7.99. The zero-order valence-electron chi connectivity index (χ0n) is 17.6. The van der Waals surface area contributed by atoms with Gasteiger partial charge in [-0.1, -0.05) is 35.9 Å². The molecule has 0 radical (unpaired) electrons. The number of nitrogens with one attached hydrogen (secondary N) is 2. The van der Waals surface area contributed by atoms with Crippen molar-refractivity contribution in [1.29, 1.82) is 0 Å². The number of nitrogens with zero attached hydrogens (tertiary/aromatic N) is 1. The van der Waals surface area contributed by atoms with Crippen molar-refractivity contribution >= 4 is 52.6 Å². The van der Waals surface area contributed by atoms with Crippen LogP contribution in [0.2, 0.25) is 5.02 Å². The van der Waals surface area contributed by atoms with Gasteiger partial charge >= 0.3 is 0 Å². The molecule has 1 aliphatic heterocycles. The minimum atomic E-state index is -0.610. The average Bonchev–Trinajstić information content (AvgIpc) is 2.81. The van der Waals surface area contributed by atoms with Crippen LogP contribution in [0.15, 0.2) is 48.5 Å². The molecule has 0 bridgehead atoms. The van der Waals surface area contributed by atoms with Crippen molar-refractivity contribution in [3.8, 4) is 0 Å². The molecule has 0 saturated carbocycles. The van der Waals surface area contributed by atoms with E-state index in [4.69, 9.17) is 11.6 Å². The van der Waals surface area contributed by atoms with E-state index < -0.39 is 6.04 Å². The summed E-state index contributed by atoms with van der Waals surface area (Å²) in [6.45, 7) is 2.57. The Hall–Kier alpha value is -1.83. The lowest BCUT2D eigenvalue weighted by molar-refractivity contribution is -0.123. The highest BCUT2D eigenvalue weighted by atomic mass is 35.5. The number of hydrogen-bond donors (Lipinski definition) is 2. The van der Waals surface area contributed by atoms with E-state index in [2.05, 4.69) is 39.8 Å². The Labute approximate surface area is 197 Å². The molecule has 31 heavy (non-hydrogen) atoms. The molecule has 2 amide bonds. The fourth-order valence-corrected chi connectivity index (χ4v) is 4.94. The van der Waals surface area contributed by atoms with E-state index in [0.717, 1.165) is 35.9 Å². The van der Waals surface area contributed by atoms with Gasteiger partial charge in [-0.2, -0.15) is 23.5 Å². The lowest BCUT2D eigenvalue weighted by Crippen LogP contribution is -2.47. The van der Waals surface area contributed by atoms with Crippen molar-refractivity contribution in [2.75, 3.05) is 41.5 Å². The first-order valence-corrected chi connectivity index (χ1v) is 13.2. The molecular weight excluding hydrogens is 450 g/mol. The predicted octanol–water partition coefficient (Wildman–Crippen LogP) is 4.06. The zero-order valence-corrected chi connectivity index (χ0v) is 20.0. The van der Waals surface area contributed by atoms with E-state index in [1.54, 1.807) is 36.0 Å². The van der Waals surface area contributed by atoms with Gasteiger partial charge < -0.3 is 15.5 Å². The van der Waals surface area contributed by atoms with Crippen molar-refractivity contribution in [3.05, 3.63) is 64.7 Å². The van der Waals surface area contributed by atoms with Gasteiger partial charge in [0.15, 0.2) is 0 Å². The average molecular weight is 478 g/mol. The number of carbonyl (C=O) groups excluding carboxylic acids is 2. The van der Waals surface area contributed by atoms with Crippen LogP contribution >= 0.6 is 35.1 Å². The predicted molar refractivity (Wildman–Crippen MR) is 134 cm³/mol. The first kappa shape index (κ1) is 23.8. The van der Waals surface area contributed by atoms with Crippen molar-refractivity contribution < 1.29 is 9.59 Å². The Balaban J connectivity index is 1.57. The molecule has 1 fully saturated rings. The van der Waals surface area contributed by atoms with Gasteiger partial charge in [0.2, 0.25) is 5.91 Å². The van der Waals surface area contributed by atoms with Crippen LogP contribution in [0.5, 0.6) is 0 Å². The second-order valence-corrected chi connectivity index (χ2v) is 9.89. The number of amides is 2. The summed E-state index contributed by atoms with van der Waals surface area (Å²) in [6.07, 6.45) is 2.53. The summed E-state index contributed by atoms with van der Waals surface area (Å²) in [4.78, 5) is 27.8. The molecule has 2 N–H and O–H groups in total. The maximum Gasteiger partial charge on any atom is 0.253 e. The molecule has 1 unspecified atom stereocenters. The molecule has 2 aromatic carbocycles. The van der Waals surface area contributed by atoms with Gasteiger partial charge in [0.1, 0.15) is 6.04 Å². The lowest BCUT2D eigenvalue weighted by Gasteiger charge is -2.28. The normalized spacial score (nSPS) is 14.7. The highest BCUT2D eigenvalue weighted by Crippen LogP contribution is 2.20. The number of halogens is 1. The molecule has 0 aromatic heterocycles. The van der Waals surface area contributed by atoms with Crippen LogP contribution < -0.4 is 15.5 Å². The first-order valence-electron chi connectivity index (χ1n) is 10.3. The van der Waals surface area contributed by atoms with E-state index in [-0.39, 0.29) is 11.8 Å². The monoisotopic (exact) mass is 477 g/mol. The Morgan fingerprint density at radius 3 is 2.52 bits per heavy atom. The molecule has 3 rings (SSSR count). The largest absolute Gasteiger partial charge is 0.370 e. The van der Waals surface area contributed by atoms with Crippen LogP contribution in [0, 0.1) is 0 Å². The smallest absolute Gasteiger partial charge is 0.253 e. The molecule has 166 valence electrons. The maximum atomic E-state index is 12.8. The summed E-state index contributed by atoms with van der Waals surface area (Å²) in [5, 5.41) is 6.18. The van der Waals surface area contributed by atoms with Crippen LogP contribution in [0.1, 0.15) is 22.3 Å². The maximum absolute atomic E-state index is 12.8. The van der Waals surface area contributed by atoms with Crippen molar-refractivity contribution in [3.63, 3.8) is 0 Å². The first-order chi connectivity index (χ1) is 15.1. The zero-order chi connectivity index (χ0) is 22.1. The summed E-state index contributed by atoms with van der Waals surface area (Å²) in [6, 6.07) is 14.6. The molecule has 1 saturated heterocycles. The third kappa shape index (κ3) is 7.09. The second kappa shape index (κ2) is 12.3. The number of rotatable bonds is 9. The summed E-state index contributed by atoms with van der Waals surface area (Å²) in [7, 11) is 0. The summed E-state index contributed by atoms with van der Waals surface area (Å²) >= 11 is 9.76. The molecule has 8 heteroatoms. The second-order valence-electron chi connectivity index (χ2n) is 7.27. The summed E-state index contributed by atoms with van der Waals surface area (Å²) < 4.78 is 0. The molecule has 0 aliphatic carbocycles. The van der Waals surface area contributed by atoms with Gasteiger partial charge in [-0.25, -0.2) is 0 Å². The molecular formula is C23H28ClN3O2S2. The molecule has 5 nitrogen and oxygen atoms in total. The van der Waals surface area contributed by atoms with E-state index in [9.17, 15) is 9.59 Å². The third-order valence-corrected chi connectivity index (χ3v) is 7.05. The Morgan fingerprint density at radius 1 is 1.13 bits per heavy atom. The van der Waals surface area contributed by atoms with Crippen molar-refractivity contribution in [2.24, 2.45) is 0 Å². The minimum absolute atomic E-state index is 0.188. The summed E-state index contributed by atoms with van der Waals surface area (Å²) in [5.74, 6) is 2.57. The van der Waals surface area contributed by atoms with Gasteiger partial charge in [0, 0.05) is 36.8 Å². The van der Waals surface area contributed by atoms with Gasteiger partial charge in [-0.05, 0) is 48.3 Å². The Kier molecular flexibility index (Phi) is 9.43.